The molecule has 1 saturated heterocycles. The van der Waals surface area contributed by atoms with Crippen LogP contribution in [0.5, 0.6) is 0 Å². The monoisotopic (exact) mass is 340 g/mol. The van der Waals surface area contributed by atoms with Crippen molar-refractivity contribution >= 4 is 21.8 Å². The minimum atomic E-state index is -0.209. The van der Waals surface area contributed by atoms with Gasteiger partial charge in [0.2, 0.25) is 5.91 Å². The first-order valence-electron chi connectivity index (χ1n) is 7.01. The number of carbonyl (C=O) groups excluding carboxylic acids is 1. The minimum absolute atomic E-state index is 0.0352. The highest BCUT2D eigenvalue weighted by molar-refractivity contribution is 9.10. The van der Waals surface area contributed by atoms with Gasteiger partial charge in [0.25, 0.3) is 0 Å². The van der Waals surface area contributed by atoms with Crippen LogP contribution in [0.3, 0.4) is 0 Å². The normalized spacial score (nSPS) is 20.4. The lowest BCUT2D eigenvalue weighted by Gasteiger charge is -2.24. The lowest BCUT2D eigenvalue weighted by Crippen LogP contribution is -2.52. The second kappa shape index (κ2) is 7.76. The summed E-state index contributed by atoms with van der Waals surface area (Å²) in [6.07, 6.45) is 1.89. The Hall–Kier alpha value is -0.910. The topological polar surface area (TPSA) is 50.4 Å². The highest BCUT2D eigenvalue weighted by Crippen LogP contribution is 2.12. The van der Waals surface area contributed by atoms with E-state index in [-0.39, 0.29) is 18.0 Å². The lowest BCUT2D eigenvalue weighted by molar-refractivity contribution is -0.126. The van der Waals surface area contributed by atoms with Crippen molar-refractivity contribution in [2.24, 2.45) is 0 Å². The first-order valence-corrected chi connectivity index (χ1v) is 7.80. The summed E-state index contributed by atoms with van der Waals surface area (Å²) in [5.74, 6) is 0.0352. The summed E-state index contributed by atoms with van der Waals surface area (Å²) in [5, 5.41) is 6.20. The third kappa shape index (κ3) is 4.89. The zero-order valence-corrected chi connectivity index (χ0v) is 13.3. The van der Waals surface area contributed by atoms with Crippen LogP contribution in [0.2, 0.25) is 0 Å². The second-order valence-electron chi connectivity index (χ2n) is 5.16. The van der Waals surface area contributed by atoms with Gasteiger partial charge in [-0.3, -0.25) is 4.79 Å². The zero-order valence-electron chi connectivity index (χ0n) is 11.7. The summed E-state index contributed by atoms with van der Waals surface area (Å²) in [5.41, 5.74) is 1.29. The van der Waals surface area contributed by atoms with E-state index < -0.39 is 0 Å². The maximum atomic E-state index is 12.0. The van der Waals surface area contributed by atoms with Crippen LogP contribution in [0.4, 0.5) is 0 Å². The Morgan fingerprint density at radius 1 is 1.50 bits per heavy atom. The zero-order chi connectivity index (χ0) is 14.4. The molecule has 1 amide bonds. The summed E-state index contributed by atoms with van der Waals surface area (Å²) in [7, 11) is 0. The van der Waals surface area contributed by atoms with E-state index >= 15 is 0 Å². The van der Waals surface area contributed by atoms with Crippen molar-refractivity contribution in [2.75, 3.05) is 19.8 Å². The van der Waals surface area contributed by atoms with Gasteiger partial charge in [-0.1, -0.05) is 28.1 Å². The molecule has 1 fully saturated rings. The molecular formula is C15H21BrN2O2. The molecule has 5 heteroatoms. The Bertz CT molecular complexity index is 430. The number of morpholine rings is 1. The van der Waals surface area contributed by atoms with E-state index in [0.717, 1.165) is 23.9 Å². The molecule has 1 aliphatic heterocycles. The molecule has 4 nitrogen and oxygen atoms in total. The van der Waals surface area contributed by atoms with Gasteiger partial charge in [-0.2, -0.15) is 0 Å². The SMILES string of the molecule is CC(CCc1ccc(Br)cc1)NC(=O)C1COCCN1. The van der Waals surface area contributed by atoms with Crippen LogP contribution < -0.4 is 10.6 Å². The predicted molar refractivity (Wildman–Crippen MR) is 82.7 cm³/mol. The number of rotatable bonds is 5. The van der Waals surface area contributed by atoms with Gasteiger partial charge >= 0.3 is 0 Å². The van der Waals surface area contributed by atoms with Crippen LogP contribution in [0.15, 0.2) is 28.7 Å². The fourth-order valence-corrected chi connectivity index (χ4v) is 2.45. The van der Waals surface area contributed by atoms with Crippen LogP contribution in [-0.2, 0) is 16.0 Å². The van der Waals surface area contributed by atoms with E-state index in [4.69, 9.17) is 4.74 Å². The van der Waals surface area contributed by atoms with E-state index in [2.05, 4.69) is 38.7 Å². The third-order valence-corrected chi connectivity index (χ3v) is 3.93. The number of benzene rings is 1. The lowest BCUT2D eigenvalue weighted by atomic mass is 10.1. The van der Waals surface area contributed by atoms with E-state index in [1.165, 1.54) is 5.56 Å². The van der Waals surface area contributed by atoms with Crippen molar-refractivity contribution in [3.63, 3.8) is 0 Å². The Morgan fingerprint density at radius 2 is 2.25 bits per heavy atom. The summed E-state index contributed by atoms with van der Waals surface area (Å²) in [6.45, 7) is 3.93. The van der Waals surface area contributed by atoms with Crippen LogP contribution >= 0.6 is 15.9 Å². The molecular weight excluding hydrogens is 320 g/mol. The fraction of sp³-hybridized carbons (Fsp3) is 0.533. The molecule has 110 valence electrons. The maximum absolute atomic E-state index is 12.0. The Balaban J connectivity index is 1.73. The average molecular weight is 341 g/mol. The van der Waals surface area contributed by atoms with E-state index in [1.807, 2.05) is 19.1 Å². The number of nitrogens with one attached hydrogen (secondary N) is 2. The molecule has 1 aliphatic rings. The molecule has 1 aromatic rings. The second-order valence-corrected chi connectivity index (χ2v) is 6.07. The van der Waals surface area contributed by atoms with Gasteiger partial charge in [0.15, 0.2) is 0 Å². The van der Waals surface area contributed by atoms with Crippen LogP contribution in [0, 0.1) is 0 Å². The molecule has 2 unspecified atom stereocenters. The number of hydrogen-bond acceptors (Lipinski definition) is 3. The van der Waals surface area contributed by atoms with Gasteiger partial charge in [0.05, 0.1) is 13.2 Å². The molecule has 0 spiro atoms. The number of aryl methyl sites for hydroxylation is 1. The number of hydrogen-bond donors (Lipinski definition) is 2. The van der Waals surface area contributed by atoms with E-state index in [9.17, 15) is 4.79 Å². The minimum Gasteiger partial charge on any atom is -0.378 e. The van der Waals surface area contributed by atoms with Crippen LogP contribution in [0.25, 0.3) is 0 Å². The molecule has 0 saturated carbocycles. The van der Waals surface area contributed by atoms with Gasteiger partial charge in [-0.05, 0) is 37.5 Å². The van der Waals surface area contributed by atoms with Gasteiger partial charge < -0.3 is 15.4 Å². The van der Waals surface area contributed by atoms with Gasteiger partial charge in [-0.15, -0.1) is 0 Å². The summed E-state index contributed by atoms with van der Waals surface area (Å²) >= 11 is 3.43. The van der Waals surface area contributed by atoms with E-state index in [1.54, 1.807) is 0 Å². The predicted octanol–water partition coefficient (Wildman–Crippen LogP) is 1.87. The van der Waals surface area contributed by atoms with Crippen molar-refractivity contribution in [3.8, 4) is 0 Å². The molecule has 0 aromatic heterocycles. The highest BCUT2D eigenvalue weighted by atomic mass is 79.9. The van der Waals surface area contributed by atoms with Gasteiger partial charge in [-0.25, -0.2) is 0 Å². The largest absolute Gasteiger partial charge is 0.378 e. The van der Waals surface area contributed by atoms with Crippen molar-refractivity contribution in [2.45, 2.75) is 31.8 Å². The quantitative estimate of drug-likeness (QED) is 0.860. The molecule has 20 heavy (non-hydrogen) atoms. The summed E-state index contributed by atoms with van der Waals surface area (Å²) < 4.78 is 6.39. The van der Waals surface area contributed by atoms with Gasteiger partial charge in [0.1, 0.15) is 6.04 Å². The van der Waals surface area contributed by atoms with Crippen molar-refractivity contribution < 1.29 is 9.53 Å². The van der Waals surface area contributed by atoms with Gasteiger partial charge in [0, 0.05) is 17.1 Å². The number of halogens is 1. The molecule has 1 heterocycles. The van der Waals surface area contributed by atoms with Crippen LogP contribution in [-0.4, -0.2) is 37.7 Å². The molecule has 0 bridgehead atoms. The Kier molecular flexibility index (Phi) is 6.01. The molecule has 1 aromatic carbocycles. The first kappa shape index (κ1) is 15.5. The fourth-order valence-electron chi connectivity index (χ4n) is 2.18. The molecule has 0 radical (unpaired) electrons. The third-order valence-electron chi connectivity index (χ3n) is 3.41. The number of ether oxygens (including phenoxy) is 1. The van der Waals surface area contributed by atoms with Crippen molar-refractivity contribution in [1.82, 2.24) is 10.6 Å². The number of carbonyl (C=O) groups is 1. The Morgan fingerprint density at radius 3 is 2.90 bits per heavy atom. The molecule has 2 rings (SSSR count). The standard InChI is InChI=1S/C15H21BrN2O2/c1-11(2-3-12-4-6-13(16)7-5-12)18-15(19)14-10-20-9-8-17-14/h4-7,11,14,17H,2-3,8-10H2,1H3,(H,18,19). The van der Waals surface area contributed by atoms with Crippen molar-refractivity contribution in [1.29, 1.82) is 0 Å². The highest BCUT2D eigenvalue weighted by Gasteiger charge is 2.22. The van der Waals surface area contributed by atoms with Crippen LogP contribution in [0.1, 0.15) is 18.9 Å². The smallest absolute Gasteiger partial charge is 0.239 e. The molecule has 0 aliphatic carbocycles. The summed E-state index contributed by atoms with van der Waals surface area (Å²) in [4.78, 5) is 12.0. The first-order chi connectivity index (χ1) is 9.65. The Labute approximate surface area is 128 Å². The molecule has 2 N–H and O–H groups in total. The summed E-state index contributed by atoms with van der Waals surface area (Å²) in [6, 6.07) is 8.25. The number of amides is 1. The average Bonchev–Trinajstić information content (AvgIpc) is 2.47. The van der Waals surface area contributed by atoms with E-state index in [0.29, 0.717) is 13.2 Å². The maximum Gasteiger partial charge on any atom is 0.239 e. The van der Waals surface area contributed by atoms with Crippen molar-refractivity contribution in [3.05, 3.63) is 34.3 Å². The molecule has 2 atom stereocenters.